The van der Waals surface area contributed by atoms with Crippen LogP contribution in [-0.4, -0.2) is 58.5 Å². The second-order valence-corrected chi connectivity index (χ2v) is 7.96. The normalized spacial score (nSPS) is 14.5. The average Bonchev–Trinajstić information content (AvgIpc) is 2.79. The average molecular weight is 437 g/mol. The zero-order valence-corrected chi connectivity index (χ0v) is 18.4. The van der Waals surface area contributed by atoms with Crippen LogP contribution in [-0.2, 0) is 0 Å². The van der Waals surface area contributed by atoms with Gasteiger partial charge >= 0.3 is 0 Å². The van der Waals surface area contributed by atoms with E-state index < -0.39 is 0 Å². The number of nitrogens with one attached hydrogen (secondary N) is 1. The number of hydrogen-bond acceptors (Lipinski definition) is 6. The summed E-state index contributed by atoms with van der Waals surface area (Å²) in [7, 11) is 0. The van der Waals surface area contributed by atoms with Gasteiger partial charge in [0.15, 0.2) is 0 Å². The Kier molecular flexibility index (Phi) is 6.44. The molecule has 0 spiro atoms. The van der Waals surface area contributed by atoms with Crippen LogP contribution < -0.4 is 10.2 Å². The number of rotatable bonds is 5. The zero-order valence-electron chi connectivity index (χ0n) is 17.7. The summed E-state index contributed by atoms with van der Waals surface area (Å²) in [6.45, 7) is 9.13. The summed E-state index contributed by atoms with van der Waals surface area (Å²) in [4.78, 5) is 29.6. The van der Waals surface area contributed by atoms with Gasteiger partial charge in [-0.15, -0.1) is 0 Å². The Labute approximate surface area is 187 Å². The molecule has 0 radical (unpaired) electrons. The molecule has 1 aliphatic heterocycles. The van der Waals surface area contributed by atoms with Gasteiger partial charge in [0, 0.05) is 61.0 Å². The molecule has 0 saturated carbocycles. The number of amides is 1. The van der Waals surface area contributed by atoms with Gasteiger partial charge in [-0.25, -0.2) is 15.0 Å². The molecule has 0 unspecified atom stereocenters. The fourth-order valence-electron chi connectivity index (χ4n) is 3.58. The maximum absolute atomic E-state index is 12.3. The quantitative estimate of drug-likeness (QED) is 0.654. The van der Waals surface area contributed by atoms with Gasteiger partial charge in [-0.2, -0.15) is 0 Å². The highest BCUT2D eigenvalue weighted by atomic mass is 35.5. The zero-order chi connectivity index (χ0) is 21.8. The van der Waals surface area contributed by atoms with Crippen LogP contribution in [0.1, 0.15) is 23.1 Å². The number of piperazine rings is 1. The minimum absolute atomic E-state index is 0.295. The lowest BCUT2D eigenvalue weighted by molar-refractivity contribution is 0.102. The topological polar surface area (TPSA) is 74.2 Å². The highest BCUT2D eigenvalue weighted by molar-refractivity contribution is 6.31. The molecular weight excluding hydrogens is 412 g/mol. The van der Waals surface area contributed by atoms with Crippen LogP contribution in [0.25, 0.3) is 11.1 Å². The second-order valence-electron chi connectivity index (χ2n) is 7.52. The number of hydrogen-bond donors (Lipinski definition) is 1. The Bertz CT molecular complexity index is 1050. The number of nitrogens with zero attached hydrogens (tertiary/aromatic N) is 5. The summed E-state index contributed by atoms with van der Waals surface area (Å²) in [6.07, 6.45) is 4.74. The van der Waals surface area contributed by atoms with Crippen LogP contribution in [0.3, 0.4) is 0 Å². The molecule has 1 fully saturated rings. The smallest absolute Gasteiger partial charge is 0.259 e. The number of pyridine rings is 1. The first kappa shape index (κ1) is 21.2. The molecule has 0 bridgehead atoms. The second kappa shape index (κ2) is 9.41. The number of carbonyl (C=O) groups excluding carboxylic acids is 1. The SMILES string of the molecule is CCN1CCN(c2cc(Cl)cc(-c3ccc(NC(=O)c4cnc(C)nc4)nc3)c2)CC1. The largest absolute Gasteiger partial charge is 0.369 e. The van der Waals surface area contributed by atoms with Crippen molar-refractivity contribution in [1.29, 1.82) is 0 Å². The van der Waals surface area contributed by atoms with Crippen molar-refractivity contribution in [3.8, 4) is 11.1 Å². The van der Waals surface area contributed by atoms with Crippen molar-refractivity contribution in [2.45, 2.75) is 13.8 Å². The van der Waals surface area contributed by atoms with Crippen molar-refractivity contribution in [2.75, 3.05) is 42.9 Å². The van der Waals surface area contributed by atoms with Gasteiger partial charge in [-0.05, 0) is 49.4 Å². The summed E-state index contributed by atoms with van der Waals surface area (Å²) >= 11 is 6.43. The number of carbonyl (C=O) groups is 1. The van der Waals surface area contributed by atoms with Gasteiger partial charge in [-0.3, -0.25) is 4.79 Å². The van der Waals surface area contributed by atoms with Gasteiger partial charge in [0.05, 0.1) is 5.56 Å². The van der Waals surface area contributed by atoms with E-state index in [1.807, 2.05) is 18.2 Å². The molecule has 3 aromatic rings. The van der Waals surface area contributed by atoms with Crippen LogP contribution in [0.15, 0.2) is 48.9 Å². The summed E-state index contributed by atoms with van der Waals surface area (Å²) in [6, 6.07) is 9.80. The third-order valence-electron chi connectivity index (χ3n) is 5.45. The Morgan fingerprint density at radius 3 is 2.39 bits per heavy atom. The molecule has 0 aliphatic carbocycles. The molecule has 4 rings (SSSR count). The summed E-state index contributed by atoms with van der Waals surface area (Å²) in [5.41, 5.74) is 3.44. The first-order valence-electron chi connectivity index (χ1n) is 10.4. The Balaban J connectivity index is 1.48. The fraction of sp³-hybridized carbons (Fsp3) is 0.304. The molecular formula is C23H25ClN6O. The van der Waals surface area contributed by atoms with Gasteiger partial charge in [-0.1, -0.05) is 18.5 Å². The lowest BCUT2D eigenvalue weighted by Gasteiger charge is -2.35. The highest BCUT2D eigenvalue weighted by Crippen LogP contribution is 2.30. The molecule has 3 heterocycles. The van der Waals surface area contributed by atoms with Crippen LogP contribution >= 0.6 is 11.6 Å². The van der Waals surface area contributed by atoms with Crippen molar-refractivity contribution >= 4 is 29.0 Å². The lowest BCUT2D eigenvalue weighted by atomic mass is 10.1. The molecule has 1 amide bonds. The first-order chi connectivity index (χ1) is 15.0. The molecule has 0 atom stereocenters. The van der Waals surface area contributed by atoms with E-state index in [1.165, 1.54) is 12.4 Å². The van der Waals surface area contributed by atoms with Crippen LogP contribution in [0.2, 0.25) is 5.02 Å². The lowest BCUT2D eigenvalue weighted by Crippen LogP contribution is -2.46. The number of anilines is 2. The molecule has 1 saturated heterocycles. The number of aromatic nitrogens is 3. The number of aryl methyl sites for hydroxylation is 1. The predicted molar refractivity (Wildman–Crippen MR) is 124 cm³/mol. The maximum atomic E-state index is 12.3. The van der Waals surface area contributed by atoms with E-state index in [9.17, 15) is 4.79 Å². The predicted octanol–water partition coefficient (Wildman–Crippen LogP) is 3.89. The molecule has 8 heteroatoms. The van der Waals surface area contributed by atoms with Gasteiger partial charge < -0.3 is 15.1 Å². The van der Waals surface area contributed by atoms with Crippen LogP contribution in [0.4, 0.5) is 11.5 Å². The van der Waals surface area contributed by atoms with E-state index in [-0.39, 0.29) is 5.91 Å². The standard InChI is InChI=1S/C23H25ClN6O/c1-3-29-6-8-30(9-7-29)21-11-18(10-20(24)12-21)17-4-5-22(27-13-17)28-23(31)19-14-25-16(2)26-15-19/h4-5,10-15H,3,6-9H2,1-2H3,(H,27,28,31). The number of halogens is 1. The number of benzene rings is 1. The van der Waals surface area contributed by atoms with E-state index in [0.717, 1.165) is 49.5 Å². The first-order valence-corrected chi connectivity index (χ1v) is 10.7. The van der Waals surface area contributed by atoms with E-state index in [1.54, 1.807) is 19.2 Å². The third kappa shape index (κ3) is 5.18. The molecule has 1 N–H and O–H groups in total. The van der Waals surface area contributed by atoms with E-state index >= 15 is 0 Å². The molecule has 160 valence electrons. The molecule has 2 aromatic heterocycles. The Hall–Kier alpha value is -3.03. The fourth-order valence-corrected chi connectivity index (χ4v) is 3.81. The Morgan fingerprint density at radius 1 is 1.00 bits per heavy atom. The summed E-state index contributed by atoms with van der Waals surface area (Å²) in [5.74, 6) is 0.788. The molecule has 7 nitrogen and oxygen atoms in total. The van der Waals surface area contributed by atoms with E-state index in [0.29, 0.717) is 22.2 Å². The van der Waals surface area contributed by atoms with Crippen LogP contribution in [0.5, 0.6) is 0 Å². The van der Waals surface area contributed by atoms with Crippen molar-refractivity contribution in [1.82, 2.24) is 19.9 Å². The highest BCUT2D eigenvalue weighted by Gasteiger charge is 2.17. The van der Waals surface area contributed by atoms with Crippen molar-refractivity contribution in [3.63, 3.8) is 0 Å². The third-order valence-corrected chi connectivity index (χ3v) is 5.67. The summed E-state index contributed by atoms with van der Waals surface area (Å²) < 4.78 is 0. The monoisotopic (exact) mass is 436 g/mol. The minimum Gasteiger partial charge on any atom is -0.369 e. The van der Waals surface area contributed by atoms with Gasteiger partial charge in [0.2, 0.25) is 0 Å². The maximum Gasteiger partial charge on any atom is 0.259 e. The minimum atomic E-state index is -0.295. The molecule has 31 heavy (non-hydrogen) atoms. The van der Waals surface area contributed by atoms with Crippen molar-refractivity contribution in [3.05, 3.63) is 65.3 Å². The molecule has 1 aliphatic rings. The van der Waals surface area contributed by atoms with Crippen molar-refractivity contribution in [2.24, 2.45) is 0 Å². The summed E-state index contributed by atoms with van der Waals surface area (Å²) in [5, 5.41) is 3.47. The Morgan fingerprint density at radius 2 is 1.74 bits per heavy atom. The van der Waals surface area contributed by atoms with Crippen LogP contribution in [0, 0.1) is 6.92 Å². The number of likely N-dealkylation sites (N-methyl/N-ethyl adjacent to an activating group) is 1. The van der Waals surface area contributed by atoms with E-state index in [2.05, 4.69) is 43.1 Å². The van der Waals surface area contributed by atoms with E-state index in [4.69, 9.17) is 11.6 Å². The molecule has 1 aromatic carbocycles. The van der Waals surface area contributed by atoms with Gasteiger partial charge in [0.1, 0.15) is 11.6 Å². The van der Waals surface area contributed by atoms with Crippen molar-refractivity contribution < 1.29 is 4.79 Å². The van der Waals surface area contributed by atoms with Gasteiger partial charge in [0.25, 0.3) is 5.91 Å².